The molecule has 0 aromatic heterocycles. The molecule has 0 bridgehead atoms. The minimum absolute atomic E-state index is 0.685. The first-order chi connectivity index (χ1) is 2.89. The Bertz CT molecular complexity index is 38.8. The summed E-state index contributed by atoms with van der Waals surface area (Å²) in [6, 6.07) is 0.685. The fourth-order valence-corrected chi connectivity index (χ4v) is 0.607. The Morgan fingerprint density at radius 1 is 1.67 bits per heavy atom. The Morgan fingerprint density at radius 2 is 2.50 bits per heavy atom. The van der Waals surface area contributed by atoms with Crippen molar-refractivity contribution in [2.24, 2.45) is 0 Å². The van der Waals surface area contributed by atoms with E-state index < -0.39 is 0 Å². The van der Waals surface area contributed by atoms with Crippen LogP contribution in [0.1, 0.15) is 13.3 Å². The average molecular weight is 86.1 g/mol. The van der Waals surface area contributed by atoms with Crippen LogP contribution < -0.4 is 10.9 Å². The number of rotatable bonds is 0. The first-order valence-electron chi connectivity index (χ1n) is 2.38. The van der Waals surface area contributed by atoms with E-state index in [-0.39, 0.29) is 0 Å². The van der Waals surface area contributed by atoms with E-state index in [1.807, 2.05) is 0 Å². The van der Waals surface area contributed by atoms with Crippen LogP contribution in [0.25, 0.3) is 0 Å². The molecular weight excluding hydrogens is 76.1 g/mol. The van der Waals surface area contributed by atoms with Crippen molar-refractivity contribution in [1.29, 1.82) is 0 Å². The van der Waals surface area contributed by atoms with Gasteiger partial charge in [-0.1, -0.05) is 0 Å². The van der Waals surface area contributed by atoms with E-state index in [0.717, 1.165) is 6.54 Å². The lowest BCUT2D eigenvalue weighted by Gasteiger charge is -1.94. The van der Waals surface area contributed by atoms with Gasteiger partial charge in [-0.25, -0.2) is 0 Å². The van der Waals surface area contributed by atoms with Gasteiger partial charge in [0.05, 0.1) is 0 Å². The van der Waals surface area contributed by atoms with Crippen molar-refractivity contribution in [3.05, 3.63) is 0 Å². The van der Waals surface area contributed by atoms with E-state index in [1.165, 1.54) is 6.42 Å². The lowest BCUT2D eigenvalue weighted by Crippen LogP contribution is -2.27. The predicted molar refractivity (Wildman–Crippen MR) is 25.2 cm³/mol. The van der Waals surface area contributed by atoms with Gasteiger partial charge in [-0.3, -0.25) is 10.9 Å². The summed E-state index contributed by atoms with van der Waals surface area (Å²) in [4.78, 5) is 0. The van der Waals surface area contributed by atoms with Gasteiger partial charge < -0.3 is 0 Å². The van der Waals surface area contributed by atoms with Gasteiger partial charge in [0.2, 0.25) is 0 Å². The maximum absolute atomic E-state index is 3.07. The molecule has 0 aliphatic carbocycles. The molecule has 1 atom stereocenters. The monoisotopic (exact) mass is 86.1 g/mol. The summed E-state index contributed by atoms with van der Waals surface area (Å²) >= 11 is 0. The molecule has 1 fully saturated rings. The highest BCUT2D eigenvalue weighted by Gasteiger charge is 2.04. The summed E-state index contributed by atoms with van der Waals surface area (Å²) in [5, 5.41) is 0. The van der Waals surface area contributed by atoms with E-state index in [9.17, 15) is 0 Å². The van der Waals surface area contributed by atoms with Gasteiger partial charge in [-0.2, -0.15) is 0 Å². The summed E-state index contributed by atoms with van der Waals surface area (Å²) in [6.07, 6.45) is 1.26. The van der Waals surface area contributed by atoms with Gasteiger partial charge in [0, 0.05) is 12.6 Å². The average Bonchev–Trinajstić information content (AvgIpc) is 1.86. The minimum atomic E-state index is 0.685. The lowest BCUT2D eigenvalue weighted by atomic mass is 10.3. The van der Waals surface area contributed by atoms with Crippen molar-refractivity contribution in [2.75, 3.05) is 6.54 Å². The van der Waals surface area contributed by atoms with Crippen molar-refractivity contribution in [3.8, 4) is 0 Å². The second-order valence-electron chi connectivity index (χ2n) is 1.76. The third-order valence-electron chi connectivity index (χ3n) is 1.05. The van der Waals surface area contributed by atoms with Crippen molar-refractivity contribution in [3.63, 3.8) is 0 Å². The van der Waals surface area contributed by atoms with Crippen LogP contribution in [-0.4, -0.2) is 12.6 Å². The van der Waals surface area contributed by atoms with Crippen LogP contribution in [0.4, 0.5) is 0 Å². The van der Waals surface area contributed by atoms with Gasteiger partial charge in [0.15, 0.2) is 0 Å². The first-order valence-corrected chi connectivity index (χ1v) is 2.38. The Labute approximate surface area is 37.9 Å². The summed E-state index contributed by atoms with van der Waals surface area (Å²) in [7, 11) is 0. The highest BCUT2D eigenvalue weighted by atomic mass is 15.4. The van der Waals surface area contributed by atoms with E-state index in [0.29, 0.717) is 6.04 Å². The summed E-state index contributed by atoms with van der Waals surface area (Å²) in [5.41, 5.74) is 6.09. The standard InChI is InChI=1S/C4H10N2/c1-4-2-3-5-6-4/h4-6H,2-3H2,1H3. The van der Waals surface area contributed by atoms with Gasteiger partial charge in [-0.05, 0) is 13.3 Å². The number of nitrogens with one attached hydrogen (secondary N) is 2. The second-order valence-corrected chi connectivity index (χ2v) is 1.76. The zero-order valence-electron chi connectivity index (χ0n) is 3.99. The zero-order valence-corrected chi connectivity index (χ0v) is 3.99. The third kappa shape index (κ3) is 0.698. The van der Waals surface area contributed by atoms with Gasteiger partial charge in [0.1, 0.15) is 0 Å². The second kappa shape index (κ2) is 1.58. The topological polar surface area (TPSA) is 24.1 Å². The third-order valence-corrected chi connectivity index (χ3v) is 1.05. The predicted octanol–water partition coefficient (Wildman–Crippen LogP) is -0.127. The Balaban J connectivity index is 2.18. The molecule has 1 aliphatic rings. The fraction of sp³-hybridized carbons (Fsp3) is 1.00. The molecule has 1 unspecified atom stereocenters. The SMILES string of the molecule is CC1CCNN1. The van der Waals surface area contributed by atoms with Crippen molar-refractivity contribution in [2.45, 2.75) is 19.4 Å². The molecule has 0 radical (unpaired) electrons. The van der Waals surface area contributed by atoms with Crippen LogP contribution in [0.15, 0.2) is 0 Å². The molecule has 1 saturated heterocycles. The first kappa shape index (κ1) is 4.09. The molecule has 2 N–H and O–H groups in total. The summed E-state index contributed by atoms with van der Waals surface area (Å²) in [6.45, 7) is 3.29. The molecule has 2 heteroatoms. The Kier molecular flexibility index (Phi) is 1.08. The van der Waals surface area contributed by atoms with E-state index in [1.54, 1.807) is 0 Å². The number of hydrogen-bond acceptors (Lipinski definition) is 2. The molecule has 1 rings (SSSR count). The molecule has 6 heavy (non-hydrogen) atoms. The van der Waals surface area contributed by atoms with Crippen LogP contribution in [0, 0.1) is 0 Å². The maximum atomic E-state index is 3.07. The Morgan fingerprint density at radius 3 is 2.67 bits per heavy atom. The summed E-state index contributed by atoms with van der Waals surface area (Å²) < 4.78 is 0. The molecular formula is C4H10N2. The van der Waals surface area contributed by atoms with Crippen molar-refractivity contribution in [1.82, 2.24) is 10.9 Å². The molecule has 0 spiro atoms. The smallest absolute Gasteiger partial charge is 0.0197 e. The van der Waals surface area contributed by atoms with E-state index in [2.05, 4.69) is 17.8 Å². The minimum Gasteiger partial charge on any atom is -0.258 e. The maximum Gasteiger partial charge on any atom is 0.0197 e. The number of hydrazine groups is 1. The van der Waals surface area contributed by atoms with Crippen LogP contribution in [0.3, 0.4) is 0 Å². The lowest BCUT2D eigenvalue weighted by molar-refractivity contribution is 0.594. The van der Waals surface area contributed by atoms with Crippen LogP contribution in [-0.2, 0) is 0 Å². The fourth-order valence-electron chi connectivity index (χ4n) is 0.607. The molecule has 0 amide bonds. The van der Waals surface area contributed by atoms with Crippen molar-refractivity contribution < 1.29 is 0 Å². The van der Waals surface area contributed by atoms with Crippen LogP contribution in [0.5, 0.6) is 0 Å². The molecule has 36 valence electrons. The zero-order chi connectivity index (χ0) is 4.41. The van der Waals surface area contributed by atoms with Gasteiger partial charge in [-0.15, -0.1) is 0 Å². The molecule has 1 aliphatic heterocycles. The van der Waals surface area contributed by atoms with Gasteiger partial charge in [0.25, 0.3) is 0 Å². The quantitative estimate of drug-likeness (QED) is 0.429. The highest BCUT2D eigenvalue weighted by Crippen LogP contribution is 1.90. The van der Waals surface area contributed by atoms with E-state index in [4.69, 9.17) is 0 Å². The molecule has 0 aromatic carbocycles. The van der Waals surface area contributed by atoms with Crippen molar-refractivity contribution >= 4 is 0 Å². The Hall–Kier alpha value is -0.0800. The van der Waals surface area contributed by atoms with Crippen LogP contribution in [0.2, 0.25) is 0 Å². The normalized spacial score (nSPS) is 34.5. The van der Waals surface area contributed by atoms with Gasteiger partial charge >= 0.3 is 0 Å². The molecule has 2 nitrogen and oxygen atoms in total. The highest BCUT2D eigenvalue weighted by molar-refractivity contribution is 4.64. The largest absolute Gasteiger partial charge is 0.258 e. The van der Waals surface area contributed by atoms with E-state index >= 15 is 0 Å². The molecule has 1 heterocycles. The summed E-state index contributed by atoms with van der Waals surface area (Å²) in [5.74, 6) is 0. The molecule has 0 aromatic rings. The number of hydrogen-bond donors (Lipinski definition) is 2. The van der Waals surface area contributed by atoms with Crippen LogP contribution >= 0.6 is 0 Å². The molecule has 0 saturated carbocycles.